The molecule has 0 aliphatic heterocycles. The maximum atomic E-state index is 14.0. The second-order valence-corrected chi connectivity index (χ2v) is 5.96. The number of carbonyl (C=O) groups excluding carboxylic acids is 2. The van der Waals surface area contributed by atoms with Crippen LogP contribution in [-0.2, 0) is 4.79 Å². The van der Waals surface area contributed by atoms with Gasteiger partial charge in [-0.05, 0) is 31.2 Å². The smallest absolute Gasteiger partial charge is 0.376 e. The lowest BCUT2D eigenvalue weighted by molar-refractivity contribution is -0.123. The van der Waals surface area contributed by atoms with Crippen molar-refractivity contribution in [2.75, 3.05) is 23.7 Å². The first-order valence-electron chi connectivity index (χ1n) is 8.10. The van der Waals surface area contributed by atoms with Gasteiger partial charge in [-0.3, -0.25) is 9.59 Å². The molecule has 0 fully saturated rings. The number of benzene rings is 2. The summed E-state index contributed by atoms with van der Waals surface area (Å²) in [5, 5.41) is 6.44. The summed E-state index contributed by atoms with van der Waals surface area (Å²) < 4.78 is 76.6. The summed E-state index contributed by atoms with van der Waals surface area (Å²) in [6, 6.07) is 4.58. The zero-order valence-electron chi connectivity index (χ0n) is 14.9. The van der Waals surface area contributed by atoms with Gasteiger partial charge in [0.05, 0.1) is 6.54 Å². The first-order chi connectivity index (χ1) is 13.5. The van der Waals surface area contributed by atoms with Gasteiger partial charge in [-0.15, -0.1) is 0 Å². The lowest BCUT2D eigenvalue weighted by atomic mass is 10.1. The highest BCUT2D eigenvalue weighted by molar-refractivity contribution is 5.96. The van der Waals surface area contributed by atoms with E-state index in [-0.39, 0.29) is 22.5 Å². The zero-order valence-corrected chi connectivity index (χ0v) is 14.9. The predicted molar refractivity (Wildman–Crippen MR) is 93.0 cm³/mol. The number of alkyl halides is 3. The van der Waals surface area contributed by atoms with E-state index in [4.69, 9.17) is 0 Å². The van der Waals surface area contributed by atoms with Crippen LogP contribution in [0.1, 0.15) is 15.9 Å². The van der Waals surface area contributed by atoms with E-state index in [0.717, 1.165) is 30.3 Å². The molecule has 3 N–H and O–H groups in total. The Bertz CT molecular complexity index is 931. The van der Waals surface area contributed by atoms with Crippen molar-refractivity contribution in [2.45, 2.75) is 13.1 Å². The van der Waals surface area contributed by atoms with Gasteiger partial charge in [0.15, 0.2) is 11.6 Å². The molecule has 2 aromatic rings. The van der Waals surface area contributed by atoms with Crippen LogP contribution in [-0.4, -0.2) is 31.1 Å². The molecule has 0 aliphatic rings. The minimum atomic E-state index is -4.63. The molecule has 0 saturated carbocycles. The van der Waals surface area contributed by atoms with Crippen LogP contribution in [0.5, 0.6) is 0 Å². The number of anilines is 2. The number of hydrogen-bond acceptors (Lipinski definition) is 3. The molecule has 0 atom stereocenters. The molecule has 0 radical (unpaired) electrons. The second kappa shape index (κ2) is 8.84. The van der Waals surface area contributed by atoms with Crippen LogP contribution in [0, 0.1) is 24.4 Å². The van der Waals surface area contributed by atoms with Gasteiger partial charge < -0.3 is 16.0 Å². The molecule has 156 valence electrons. The first kappa shape index (κ1) is 22.1. The molecule has 0 bridgehead atoms. The second-order valence-electron chi connectivity index (χ2n) is 5.96. The third-order valence-electron chi connectivity index (χ3n) is 3.70. The Hall–Kier alpha value is -3.24. The van der Waals surface area contributed by atoms with Crippen LogP contribution in [0.4, 0.5) is 37.7 Å². The van der Waals surface area contributed by atoms with Crippen molar-refractivity contribution >= 4 is 23.2 Å². The highest BCUT2D eigenvalue weighted by atomic mass is 19.4. The molecule has 0 heterocycles. The van der Waals surface area contributed by atoms with Crippen molar-refractivity contribution in [2.24, 2.45) is 0 Å². The molecule has 0 aromatic heterocycles. The van der Waals surface area contributed by atoms with E-state index in [2.05, 4.69) is 10.6 Å². The number of halogens is 6. The number of amides is 2. The Kier molecular flexibility index (Phi) is 6.72. The minimum Gasteiger partial charge on any atom is -0.376 e. The van der Waals surface area contributed by atoms with Gasteiger partial charge in [-0.2, -0.15) is 13.2 Å². The lowest BCUT2D eigenvalue weighted by Crippen LogP contribution is -2.33. The van der Waals surface area contributed by atoms with E-state index in [1.54, 1.807) is 5.32 Å². The molecule has 5 nitrogen and oxygen atoms in total. The van der Waals surface area contributed by atoms with Crippen molar-refractivity contribution in [3.8, 4) is 0 Å². The van der Waals surface area contributed by atoms with Crippen molar-refractivity contribution < 1.29 is 35.9 Å². The number of nitrogens with one attached hydrogen (secondary N) is 3. The maximum absolute atomic E-state index is 14.0. The van der Waals surface area contributed by atoms with Crippen LogP contribution in [0.25, 0.3) is 0 Å². The maximum Gasteiger partial charge on any atom is 0.405 e. The highest BCUT2D eigenvalue weighted by Crippen LogP contribution is 2.21. The van der Waals surface area contributed by atoms with Crippen LogP contribution in [0.2, 0.25) is 0 Å². The lowest BCUT2D eigenvalue weighted by Gasteiger charge is -2.14. The SMILES string of the molecule is Cc1c(F)cc(C(=O)NCC(F)(F)F)cc1NCC(=O)Nc1ccc(F)c(F)c1. The summed E-state index contributed by atoms with van der Waals surface area (Å²) in [5.74, 6) is -4.95. The average molecular weight is 419 g/mol. The third-order valence-corrected chi connectivity index (χ3v) is 3.70. The van der Waals surface area contributed by atoms with Gasteiger partial charge in [0.1, 0.15) is 12.4 Å². The predicted octanol–water partition coefficient (Wildman–Crippen LogP) is 3.76. The topological polar surface area (TPSA) is 70.2 Å². The Balaban J connectivity index is 2.05. The Morgan fingerprint density at radius 1 is 0.966 bits per heavy atom. The first-order valence-corrected chi connectivity index (χ1v) is 8.10. The van der Waals surface area contributed by atoms with Crippen molar-refractivity contribution in [1.29, 1.82) is 0 Å². The third kappa shape index (κ3) is 6.40. The van der Waals surface area contributed by atoms with Crippen molar-refractivity contribution in [3.05, 3.63) is 58.9 Å². The summed E-state index contributed by atoms with van der Waals surface area (Å²) in [5.41, 5.74) is -0.361. The standard InChI is InChI=1S/C18H15F6N3O2/c1-9-13(20)4-10(17(29)26-8-18(22,23)24)5-15(9)25-7-16(28)27-11-2-3-12(19)14(21)6-11/h2-6,25H,7-8H2,1H3,(H,26,29)(H,27,28). The van der Waals surface area contributed by atoms with Gasteiger partial charge in [-0.25, -0.2) is 13.2 Å². The number of hydrogen-bond donors (Lipinski definition) is 3. The molecular weight excluding hydrogens is 404 g/mol. The van der Waals surface area contributed by atoms with E-state index in [1.807, 2.05) is 0 Å². The van der Waals surface area contributed by atoms with Gasteiger partial charge in [-0.1, -0.05) is 0 Å². The molecule has 29 heavy (non-hydrogen) atoms. The average Bonchev–Trinajstić information content (AvgIpc) is 2.63. The molecule has 11 heteroatoms. The zero-order chi connectivity index (χ0) is 21.8. The van der Waals surface area contributed by atoms with Crippen LogP contribution < -0.4 is 16.0 Å². The van der Waals surface area contributed by atoms with E-state index in [1.165, 1.54) is 6.92 Å². The quantitative estimate of drug-likeness (QED) is 0.625. The molecule has 0 saturated heterocycles. The van der Waals surface area contributed by atoms with Gasteiger partial charge in [0.25, 0.3) is 5.91 Å². The fraction of sp³-hybridized carbons (Fsp3) is 0.222. The van der Waals surface area contributed by atoms with Gasteiger partial charge in [0.2, 0.25) is 5.91 Å². The molecule has 0 aliphatic carbocycles. The normalized spacial score (nSPS) is 11.1. The molecule has 0 unspecified atom stereocenters. The fourth-order valence-electron chi connectivity index (χ4n) is 2.23. The van der Waals surface area contributed by atoms with Gasteiger partial charge >= 0.3 is 6.18 Å². The van der Waals surface area contributed by atoms with Crippen molar-refractivity contribution in [3.63, 3.8) is 0 Å². The fourth-order valence-corrected chi connectivity index (χ4v) is 2.23. The van der Waals surface area contributed by atoms with Crippen LogP contribution in [0.15, 0.2) is 30.3 Å². The highest BCUT2D eigenvalue weighted by Gasteiger charge is 2.28. The Labute approximate surface area is 161 Å². The summed E-state index contributed by atoms with van der Waals surface area (Å²) in [6.07, 6.45) is -4.63. The van der Waals surface area contributed by atoms with Crippen LogP contribution in [0.3, 0.4) is 0 Å². The summed E-state index contributed by atoms with van der Waals surface area (Å²) in [6.45, 7) is -0.685. The van der Waals surface area contributed by atoms with Gasteiger partial charge in [0, 0.05) is 28.6 Å². The summed E-state index contributed by atoms with van der Waals surface area (Å²) in [7, 11) is 0. The molecule has 2 amide bonds. The van der Waals surface area contributed by atoms with E-state index >= 15 is 0 Å². The summed E-state index contributed by atoms with van der Waals surface area (Å²) in [4.78, 5) is 23.7. The Morgan fingerprint density at radius 3 is 2.28 bits per heavy atom. The molecule has 2 aromatic carbocycles. The van der Waals surface area contributed by atoms with Crippen molar-refractivity contribution in [1.82, 2.24) is 5.32 Å². The monoisotopic (exact) mass is 419 g/mol. The number of rotatable bonds is 6. The largest absolute Gasteiger partial charge is 0.405 e. The van der Waals surface area contributed by atoms with Crippen LogP contribution >= 0.6 is 0 Å². The molecule has 2 rings (SSSR count). The molecular formula is C18H15F6N3O2. The van der Waals surface area contributed by atoms with E-state index < -0.39 is 48.5 Å². The summed E-state index contributed by atoms with van der Waals surface area (Å²) >= 11 is 0. The van der Waals surface area contributed by atoms with E-state index in [0.29, 0.717) is 0 Å². The molecule has 0 spiro atoms. The van der Waals surface area contributed by atoms with E-state index in [9.17, 15) is 35.9 Å². The Morgan fingerprint density at radius 2 is 1.66 bits per heavy atom. The number of carbonyl (C=O) groups is 2. The minimum absolute atomic E-state index is 0.00240.